The highest BCUT2D eigenvalue weighted by Gasteiger charge is 2.15. The molecular formula is C25H27ClFNO2. The molecule has 158 valence electrons. The maximum atomic E-state index is 13.3. The Balaban J connectivity index is 1.68. The first-order chi connectivity index (χ1) is 14.4. The number of hydrogen-bond acceptors (Lipinski definition) is 3. The van der Waals surface area contributed by atoms with E-state index >= 15 is 0 Å². The first kappa shape index (κ1) is 22.3. The van der Waals surface area contributed by atoms with Crippen molar-refractivity contribution in [2.75, 3.05) is 13.2 Å². The van der Waals surface area contributed by atoms with Gasteiger partial charge in [0.1, 0.15) is 24.3 Å². The molecule has 0 saturated heterocycles. The predicted octanol–water partition coefficient (Wildman–Crippen LogP) is 5.54. The molecule has 0 aliphatic heterocycles. The molecule has 0 aliphatic rings. The van der Waals surface area contributed by atoms with E-state index in [9.17, 15) is 9.50 Å². The molecule has 0 fully saturated rings. The quantitative estimate of drug-likeness (QED) is 0.486. The lowest BCUT2D eigenvalue weighted by Crippen LogP contribution is -2.35. The predicted molar refractivity (Wildman–Crippen MR) is 119 cm³/mol. The van der Waals surface area contributed by atoms with E-state index in [1.54, 1.807) is 36.4 Å². The van der Waals surface area contributed by atoms with Gasteiger partial charge in [0.2, 0.25) is 0 Å². The van der Waals surface area contributed by atoms with E-state index in [1.807, 2.05) is 0 Å². The molecule has 1 unspecified atom stereocenters. The van der Waals surface area contributed by atoms with Gasteiger partial charge in [-0.3, -0.25) is 4.90 Å². The molecule has 0 bridgehead atoms. The summed E-state index contributed by atoms with van der Waals surface area (Å²) < 4.78 is 19.0. The van der Waals surface area contributed by atoms with E-state index in [4.69, 9.17) is 16.3 Å². The van der Waals surface area contributed by atoms with Crippen molar-refractivity contribution in [2.24, 2.45) is 0 Å². The maximum absolute atomic E-state index is 13.3. The molecule has 5 heteroatoms. The fourth-order valence-electron chi connectivity index (χ4n) is 3.32. The normalized spacial score (nSPS) is 12.2. The molecule has 0 radical (unpaired) electrons. The molecule has 1 atom stereocenters. The Bertz CT molecular complexity index is 944. The number of aryl methyl sites for hydroxylation is 2. The highest BCUT2D eigenvalue weighted by Crippen LogP contribution is 2.18. The monoisotopic (exact) mass is 427 g/mol. The van der Waals surface area contributed by atoms with Gasteiger partial charge in [0.05, 0.1) is 0 Å². The van der Waals surface area contributed by atoms with Crippen LogP contribution in [0.25, 0.3) is 0 Å². The van der Waals surface area contributed by atoms with Gasteiger partial charge >= 0.3 is 0 Å². The average Bonchev–Trinajstić information content (AvgIpc) is 2.72. The topological polar surface area (TPSA) is 32.7 Å². The lowest BCUT2D eigenvalue weighted by molar-refractivity contribution is 0.0628. The summed E-state index contributed by atoms with van der Waals surface area (Å²) in [6.07, 6.45) is -0.675. The highest BCUT2D eigenvalue weighted by atomic mass is 35.5. The number of aliphatic hydroxyl groups is 1. The largest absolute Gasteiger partial charge is 0.491 e. The van der Waals surface area contributed by atoms with E-state index in [-0.39, 0.29) is 12.4 Å². The molecule has 0 heterocycles. The van der Waals surface area contributed by atoms with Gasteiger partial charge in [0.15, 0.2) is 0 Å². The lowest BCUT2D eigenvalue weighted by atomic mass is 10.0. The summed E-state index contributed by atoms with van der Waals surface area (Å²) in [6, 6.07) is 19.9. The number of hydrogen-bond donors (Lipinski definition) is 1. The van der Waals surface area contributed by atoms with Gasteiger partial charge in [0.25, 0.3) is 0 Å². The molecule has 0 saturated carbocycles. The second kappa shape index (κ2) is 10.6. The molecule has 0 aliphatic carbocycles. The van der Waals surface area contributed by atoms with Gasteiger partial charge in [0, 0.05) is 24.7 Å². The van der Waals surface area contributed by atoms with Crippen molar-refractivity contribution in [1.82, 2.24) is 4.90 Å². The third kappa shape index (κ3) is 6.84. The van der Waals surface area contributed by atoms with Crippen molar-refractivity contribution in [2.45, 2.75) is 33.0 Å². The van der Waals surface area contributed by atoms with Crippen LogP contribution in [0.15, 0.2) is 66.7 Å². The summed E-state index contributed by atoms with van der Waals surface area (Å²) in [5.74, 6) is 0.411. The molecule has 3 aromatic carbocycles. The van der Waals surface area contributed by atoms with Crippen LogP contribution in [-0.2, 0) is 13.1 Å². The average molecular weight is 428 g/mol. The molecule has 0 amide bonds. The molecule has 0 aromatic heterocycles. The van der Waals surface area contributed by atoms with Crippen molar-refractivity contribution in [3.63, 3.8) is 0 Å². The summed E-state index contributed by atoms with van der Waals surface area (Å²) in [5.41, 5.74) is 4.61. The third-order valence-corrected chi connectivity index (χ3v) is 5.19. The number of aliphatic hydroxyl groups excluding tert-OH is 1. The van der Waals surface area contributed by atoms with Crippen LogP contribution in [0.1, 0.15) is 22.3 Å². The van der Waals surface area contributed by atoms with Gasteiger partial charge in [-0.15, -0.1) is 0 Å². The Kier molecular flexibility index (Phi) is 7.86. The smallest absolute Gasteiger partial charge is 0.123 e. The zero-order valence-corrected chi connectivity index (χ0v) is 18.1. The van der Waals surface area contributed by atoms with Gasteiger partial charge in [-0.1, -0.05) is 47.5 Å². The van der Waals surface area contributed by atoms with Crippen LogP contribution >= 0.6 is 11.6 Å². The molecule has 30 heavy (non-hydrogen) atoms. The van der Waals surface area contributed by atoms with Crippen LogP contribution in [0.2, 0.25) is 5.02 Å². The van der Waals surface area contributed by atoms with Crippen molar-refractivity contribution in [3.05, 3.63) is 99.8 Å². The Morgan fingerprint density at radius 2 is 1.67 bits per heavy atom. The highest BCUT2D eigenvalue weighted by molar-refractivity contribution is 6.30. The number of halogens is 2. The molecule has 0 spiro atoms. The van der Waals surface area contributed by atoms with Crippen molar-refractivity contribution in [3.8, 4) is 5.75 Å². The van der Waals surface area contributed by atoms with E-state index < -0.39 is 6.10 Å². The van der Waals surface area contributed by atoms with E-state index in [1.165, 1.54) is 28.8 Å². The summed E-state index contributed by atoms with van der Waals surface area (Å²) in [5, 5.41) is 11.2. The van der Waals surface area contributed by atoms with Crippen LogP contribution in [0.4, 0.5) is 4.39 Å². The SMILES string of the molecule is Cc1ccc(C)c(CN(Cc2ccc(F)cc2)CC(O)COc2ccc(Cl)cc2)c1. The summed E-state index contributed by atoms with van der Waals surface area (Å²) >= 11 is 5.90. The Morgan fingerprint density at radius 3 is 2.37 bits per heavy atom. The Hall–Kier alpha value is -2.40. The molecule has 1 N–H and O–H groups in total. The van der Waals surface area contributed by atoms with Gasteiger partial charge in [-0.2, -0.15) is 0 Å². The van der Waals surface area contributed by atoms with Gasteiger partial charge < -0.3 is 9.84 Å². The molecule has 3 nitrogen and oxygen atoms in total. The second-order valence-electron chi connectivity index (χ2n) is 7.64. The van der Waals surface area contributed by atoms with Gasteiger partial charge in [-0.05, 0) is 66.9 Å². The van der Waals surface area contributed by atoms with Crippen LogP contribution in [0.3, 0.4) is 0 Å². The van der Waals surface area contributed by atoms with Gasteiger partial charge in [-0.25, -0.2) is 4.39 Å². The minimum Gasteiger partial charge on any atom is -0.491 e. The first-order valence-corrected chi connectivity index (χ1v) is 10.4. The minimum atomic E-state index is -0.675. The number of nitrogens with zero attached hydrogens (tertiary/aromatic N) is 1. The van der Waals surface area contributed by atoms with Crippen molar-refractivity contribution in [1.29, 1.82) is 0 Å². The van der Waals surface area contributed by atoms with Crippen LogP contribution in [0, 0.1) is 19.7 Å². The Morgan fingerprint density at radius 1 is 0.967 bits per heavy atom. The van der Waals surface area contributed by atoms with Crippen LogP contribution in [0.5, 0.6) is 5.75 Å². The van der Waals surface area contributed by atoms with Crippen molar-refractivity contribution >= 4 is 11.6 Å². The molecule has 3 aromatic rings. The van der Waals surface area contributed by atoms with E-state index in [2.05, 4.69) is 36.9 Å². The number of benzene rings is 3. The zero-order chi connectivity index (χ0) is 21.5. The fraction of sp³-hybridized carbons (Fsp3) is 0.280. The molecular weight excluding hydrogens is 401 g/mol. The second-order valence-corrected chi connectivity index (χ2v) is 8.08. The fourth-order valence-corrected chi connectivity index (χ4v) is 3.44. The summed E-state index contributed by atoms with van der Waals surface area (Å²) in [6.45, 7) is 6.05. The first-order valence-electron chi connectivity index (χ1n) is 9.98. The zero-order valence-electron chi connectivity index (χ0n) is 17.3. The number of ether oxygens (including phenoxy) is 1. The lowest BCUT2D eigenvalue weighted by Gasteiger charge is -2.26. The molecule has 3 rings (SSSR count). The van der Waals surface area contributed by atoms with E-state index in [0.29, 0.717) is 30.4 Å². The number of rotatable bonds is 9. The van der Waals surface area contributed by atoms with Crippen molar-refractivity contribution < 1.29 is 14.2 Å². The standard InChI is InChI=1S/C25H27ClFNO2/c1-18-3-4-19(2)21(13-18)15-28(14-20-5-9-23(27)10-6-20)16-24(29)17-30-25-11-7-22(26)8-12-25/h3-13,24,29H,14-17H2,1-2H3. The summed E-state index contributed by atoms with van der Waals surface area (Å²) in [4.78, 5) is 2.16. The summed E-state index contributed by atoms with van der Waals surface area (Å²) in [7, 11) is 0. The Labute approximate surface area is 182 Å². The van der Waals surface area contributed by atoms with Crippen LogP contribution < -0.4 is 4.74 Å². The maximum Gasteiger partial charge on any atom is 0.123 e. The van der Waals surface area contributed by atoms with E-state index in [0.717, 1.165) is 5.56 Å². The minimum absolute atomic E-state index is 0.175. The third-order valence-electron chi connectivity index (χ3n) is 4.94. The van der Waals surface area contributed by atoms with Crippen LogP contribution in [-0.4, -0.2) is 29.3 Å².